The van der Waals surface area contributed by atoms with Gasteiger partial charge in [-0.05, 0) is 52.9 Å². The van der Waals surface area contributed by atoms with Crippen LogP contribution in [0.15, 0.2) is 58.0 Å². The maximum atomic E-state index is 13.5. The van der Waals surface area contributed by atoms with E-state index in [2.05, 4.69) is 12.1 Å². The number of thioether (sulfide) groups is 1. The van der Waals surface area contributed by atoms with Crippen molar-refractivity contribution in [2.45, 2.75) is 23.1 Å². The first kappa shape index (κ1) is 15.5. The molecule has 0 saturated carbocycles. The van der Waals surface area contributed by atoms with Gasteiger partial charge in [0.25, 0.3) is 0 Å². The average molecular weight is 371 g/mol. The first-order valence-corrected chi connectivity index (χ1v) is 10.9. The van der Waals surface area contributed by atoms with Crippen LogP contribution in [0.2, 0.25) is 0 Å². The summed E-state index contributed by atoms with van der Waals surface area (Å²) in [7, 11) is -3.56. The molecular weight excluding hydrogens is 354 g/mol. The molecule has 4 nitrogen and oxygen atoms in total. The van der Waals surface area contributed by atoms with Crippen molar-refractivity contribution in [1.82, 2.24) is 4.31 Å². The third kappa shape index (κ3) is 2.28. The molecule has 0 N–H and O–H groups in total. The van der Waals surface area contributed by atoms with Crippen molar-refractivity contribution in [3.8, 4) is 0 Å². The van der Waals surface area contributed by atoms with E-state index in [9.17, 15) is 8.42 Å². The zero-order valence-corrected chi connectivity index (χ0v) is 15.1. The molecule has 0 spiro atoms. The third-order valence-corrected chi connectivity index (χ3v) is 8.37. The Labute approximate surface area is 150 Å². The number of rotatable bonds is 3. The van der Waals surface area contributed by atoms with E-state index >= 15 is 0 Å². The van der Waals surface area contributed by atoms with E-state index in [1.165, 1.54) is 5.56 Å². The van der Waals surface area contributed by atoms with E-state index in [1.54, 1.807) is 34.5 Å². The molecule has 0 amide bonds. The summed E-state index contributed by atoms with van der Waals surface area (Å²) in [6.45, 7) is 0.511. The maximum Gasteiger partial charge on any atom is 0.244 e. The van der Waals surface area contributed by atoms with Crippen molar-refractivity contribution in [3.05, 3.63) is 65.6 Å². The van der Waals surface area contributed by atoms with Gasteiger partial charge in [0, 0.05) is 12.3 Å². The van der Waals surface area contributed by atoms with Crippen molar-refractivity contribution in [2.24, 2.45) is 0 Å². The molecule has 5 rings (SSSR count). The maximum absolute atomic E-state index is 13.5. The standard InChI is InChI=1S/C19H17NO3S2/c21-25(22,20-10-12-24-19(20)16-5-2-11-23-16)17-9-7-14-4-1-3-13-6-8-15(17)18(13)14/h1-5,7,9,11,19H,6,8,10,12H2. The highest BCUT2D eigenvalue weighted by molar-refractivity contribution is 8.01. The molecule has 2 aromatic carbocycles. The SMILES string of the molecule is O=S(=O)(c1ccc2cccc3c2c1CC3)N1CCSC1c1ccco1. The van der Waals surface area contributed by atoms with Crippen LogP contribution in [-0.4, -0.2) is 25.0 Å². The fourth-order valence-electron chi connectivity index (χ4n) is 3.96. The Kier molecular flexibility index (Phi) is 3.48. The van der Waals surface area contributed by atoms with Gasteiger partial charge in [0.1, 0.15) is 11.1 Å². The zero-order chi connectivity index (χ0) is 17.0. The molecule has 2 heterocycles. The molecule has 1 atom stereocenters. The summed E-state index contributed by atoms with van der Waals surface area (Å²) in [4.78, 5) is 0.462. The smallest absolute Gasteiger partial charge is 0.244 e. The second-order valence-electron chi connectivity index (χ2n) is 6.41. The highest BCUT2D eigenvalue weighted by Crippen LogP contribution is 2.43. The van der Waals surface area contributed by atoms with Crippen LogP contribution in [0.25, 0.3) is 10.8 Å². The topological polar surface area (TPSA) is 50.5 Å². The first-order valence-electron chi connectivity index (χ1n) is 8.36. The van der Waals surface area contributed by atoms with Crippen LogP contribution in [-0.2, 0) is 22.9 Å². The van der Waals surface area contributed by atoms with Crippen LogP contribution in [0.1, 0.15) is 22.3 Å². The van der Waals surface area contributed by atoms with Crippen LogP contribution < -0.4 is 0 Å². The molecule has 1 saturated heterocycles. The van der Waals surface area contributed by atoms with Crippen LogP contribution in [0.4, 0.5) is 0 Å². The molecule has 1 fully saturated rings. The largest absolute Gasteiger partial charge is 0.467 e. The van der Waals surface area contributed by atoms with Crippen LogP contribution in [0.3, 0.4) is 0 Å². The molecular formula is C19H17NO3S2. The monoisotopic (exact) mass is 371 g/mol. The number of benzene rings is 2. The van der Waals surface area contributed by atoms with E-state index in [-0.39, 0.29) is 5.37 Å². The summed E-state index contributed by atoms with van der Waals surface area (Å²) in [5.74, 6) is 1.47. The number of hydrogen-bond donors (Lipinski definition) is 0. The average Bonchev–Trinajstić information content (AvgIpc) is 3.36. The minimum atomic E-state index is -3.56. The molecule has 1 aliphatic heterocycles. The predicted octanol–water partition coefficient (Wildman–Crippen LogP) is 3.97. The molecule has 1 unspecified atom stereocenters. The van der Waals surface area contributed by atoms with Crippen LogP contribution >= 0.6 is 11.8 Å². The van der Waals surface area contributed by atoms with E-state index in [0.29, 0.717) is 17.2 Å². The van der Waals surface area contributed by atoms with Crippen molar-refractivity contribution in [3.63, 3.8) is 0 Å². The lowest BCUT2D eigenvalue weighted by molar-refractivity contribution is 0.383. The second-order valence-corrected chi connectivity index (χ2v) is 9.46. The lowest BCUT2D eigenvalue weighted by Crippen LogP contribution is -2.31. The highest BCUT2D eigenvalue weighted by Gasteiger charge is 2.40. The Bertz CT molecular complexity index is 1060. The Morgan fingerprint density at radius 3 is 2.84 bits per heavy atom. The molecule has 1 aromatic heterocycles. The van der Waals surface area contributed by atoms with Crippen molar-refractivity contribution >= 4 is 32.6 Å². The van der Waals surface area contributed by atoms with E-state index in [1.807, 2.05) is 18.2 Å². The highest BCUT2D eigenvalue weighted by atomic mass is 32.2. The number of furan rings is 1. The Balaban J connectivity index is 1.65. The molecule has 3 aromatic rings. The Hall–Kier alpha value is -1.76. The number of sulfonamides is 1. The summed E-state index contributed by atoms with van der Waals surface area (Å²) >= 11 is 1.61. The Morgan fingerprint density at radius 1 is 1.08 bits per heavy atom. The number of nitrogens with zero attached hydrogens (tertiary/aromatic N) is 1. The third-order valence-electron chi connectivity index (χ3n) is 5.06. The predicted molar refractivity (Wildman–Crippen MR) is 99.2 cm³/mol. The van der Waals surface area contributed by atoms with Gasteiger partial charge in [0.2, 0.25) is 10.0 Å². The molecule has 1 aliphatic carbocycles. The summed E-state index contributed by atoms with van der Waals surface area (Å²) < 4.78 is 34.0. The van der Waals surface area contributed by atoms with Gasteiger partial charge in [-0.25, -0.2) is 8.42 Å². The van der Waals surface area contributed by atoms with E-state index in [4.69, 9.17) is 4.42 Å². The fraction of sp³-hybridized carbons (Fsp3) is 0.263. The summed E-state index contributed by atoms with van der Waals surface area (Å²) in [5, 5.41) is 1.98. The van der Waals surface area contributed by atoms with Gasteiger partial charge in [0.15, 0.2) is 0 Å². The first-order chi connectivity index (χ1) is 12.2. The van der Waals surface area contributed by atoms with Gasteiger partial charge in [-0.1, -0.05) is 24.3 Å². The molecule has 0 bridgehead atoms. The van der Waals surface area contributed by atoms with Gasteiger partial charge >= 0.3 is 0 Å². The van der Waals surface area contributed by atoms with Gasteiger partial charge in [-0.3, -0.25) is 0 Å². The summed E-state index contributed by atoms with van der Waals surface area (Å²) in [5.41, 5.74) is 2.23. The van der Waals surface area contributed by atoms with Gasteiger partial charge < -0.3 is 4.42 Å². The molecule has 0 radical (unpaired) electrons. The molecule has 2 aliphatic rings. The number of aryl methyl sites for hydroxylation is 2. The van der Waals surface area contributed by atoms with Crippen molar-refractivity contribution < 1.29 is 12.8 Å². The molecule has 25 heavy (non-hydrogen) atoms. The summed E-state index contributed by atoms with van der Waals surface area (Å²) in [6, 6.07) is 13.6. The fourth-order valence-corrected chi connectivity index (χ4v) is 7.39. The minimum absolute atomic E-state index is 0.278. The second kappa shape index (κ2) is 5.62. The lowest BCUT2D eigenvalue weighted by atomic mass is 10.1. The van der Waals surface area contributed by atoms with Crippen molar-refractivity contribution in [1.29, 1.82) is 0 Å². The molecule has 6 heteroatoms. The van der Waals surface area contributed by atoms with Crippen LogP contribution in [0, 0.1) is 0 Å². The van der Waals surface area contributed by atoms with Crippen LogP contribution in [0.5, 0.6) is 0 Å². The lowest BCUT2D eigenvalue weighted by Gasteiger charge is -2.23. The molecule has 128 valence electrons. The quantitative estimate of drug-likeness (QED) is 0.699. The Morgan fingerprint density at radius 2 is 2.00 bits per heavy atom. The zero-order valence-electron chi connectivity index (χ0n) is 13.5. The minimum Gasteiger partial charge on any atom is -0.467 e. The van der Waals surface area contributed by atoms with E-state index < -0.39 is 10.0 Å². The van der Waals surface area contributed by atoms with E-state index in [0.717, 1.165) is 34.9 Å². The summed E-state index contributed by atoms with van der Waals surface area (Å²) in [6.07, 6.45) is 3.30. The van der Waals surface area contributed by atoms with Gasteiger partial charge in [-0.2, -0.15) is 4.31 Å². The van der Waals surface area contributed by atoms with Crippen molar-refractivity contribution in [2.75, 3.05) is 12.3 Å². The number of hydrogen-bond acceptors (Lipinski definition) is 4. The normalized spacial score (nSPS) is 20.6. The van der Waals surface area contributed by atoms with Gasteiger partial charge in [-0.15, -0.1) is 11.8 Å². The van der Waals surface area contributed by atoms with Gasteiger partial charge in [0.05, 0.1) is 11.2 Å².